The zero-order valence-electron chi connectivity index (χ0n) is 9.98. The van der Waals surface area contributed by atoms with Gasteiger partial charge in [-0.2, -0.15) is 0 Å². The van der Waals surface area contributed by atoms with Crippen LogP contribution in [0.3, 0.4) is 0 Å². The minimum absolute atomic E-state index is 0.0781. The summed E-state index contributed by atoms with van der Waals surface area (Å²) in [6.45, 7) is 0. The number of carbonyl (C=O) groups is 1. The van der Waals surface area contributed by atoms with Crippen LogP contribution in [0.1, 0.15) is 10.4 Å². The van der Waals surface area contributed by atoms with Gasteiger partial charge in [0.1, 0.15) is 0 Å². The molecule has 0 atom stereocenters. The molecule has 3 nitrogen and oxygen atoms in total. The van der Waals surface area contributed by atoms with Crippen molar-refractivity contribution in [3.8, 4) is 16.9 Å². The summed E-state index contributed by atoms with van der Waals surface area (Å²) in [5, 5.41) is 9.35. The number of benzene rings is 2. The monoisotopic (exact) mass is 280 g/mol. The highest BCUT2D eigenvalue weighted by Crippen LogP contribution is 2.32. The fraction of sp³-hybridized carbons (Fsp3) is 0.0714. The first-order valence-corrected chi connectivity index (χ1v) is 5.77. The lowest BCUT2D eigenvalue weighted by molar-refractivity contribution is 0.0697. The third-order valence-electron chi connectivity index (χ3n) is 2.68. The van der Waals surface area contributed by atoms with Crippen LogP contribution < -0.4 is 4.74 Å². The third kappa shape index (κ3) is 2.69. The van der Waals surface area contributed by atoms with E-state index in [-0.39, 0.29) is 11.3 Å². The molecule has 0 radical (unpaired) electrons. The second kappa shape index (κ2) is 5.28. The fourth-order valence-electron chi connectivity index (χ4n) is 1.71. The van der Waals surface area contributed by atoms with Gasteiger partial charge in [-0.3, -0.25) is 0 Å². The predicted molar refractivity (Wildman–Crippen MR) is 70.4 cm³/mol. The van der Waals surface area contributed by atoms with Crippen LogP contribution in [0.5, 0.6) is 5.75 Å². The second-order valence-corrected chi connectivity index (χ2v) is 4.26. The molecule has 0 saturated heterocycles. The first kappa shape index (κ1) is 13.4. The van der Waals surface area contributed by atoms with Crippen molar-refractivity contribution in [3.05, 3.63) is 52.8 Å². The average molecular weight is 281 g/mol. The molecule has 19 heavy (non-hydrogen) atoms. The van der Waals surface area contributed by atoms with Crippen molar-refractivity contribution in [1.29, 1.82) is 0 Å². The Morgan fingerprint density at radius 1 is 1.26 bits per heavy atom. The van der Waals surface area contributed by atoms with Crippen molar-refractivity contribution in [3.63, 3.8) is 0 Å². The second-order valence-electron chi connectivity index (χ2n) is 3.85. The fourth-order valence-corrected chi connectivity index (χ4v) is 1.93. The Hall–Kier alpha value is -2.07. The van der Waals surface area contributed by atoms with Crippen molar-refractivity contribution in [2.75, 3.05) is 7.11 Å². The maximum Gasteiger partial charge on any atom is 0.335 e. The van der Waals surface area contributed by atoms with E-state index < -0.39 is 11.8 Å². The smallest absolute Gasteiger partial charge is 0.335 e. The summed E-state index contributed by atoms with van der Waals surface area (Å²) < 4.78 is 18.2. The van der Waals surface area contributed by atoms with Gasteiger partial charge in [0, 0.05) is 10.6 Å². The van der Waals surface area contributed by atoms with E-state index in [9.17, 15) is 9.18 Å². The Labute approximate surface area is 114 Å². The Morgan fingerprint density at radius 3 is 2.63 bits per heavy atom. The van der Waals surface area contributed by atoms with E-state index in [4.69, 9.17) is 21.4 Å². The van der Waals surface area contributed by atoms with Gasteiger partial charge in [-0.25, -0.2) is 9.18 Å². The highest BCUT2D eigenvalue weighted by molar-refractivity contribution is 6.33. The van der Waals surface area contributed by atoms with Crippen molar-refractivity contribution in [2.45, 2.75) is 0 Å². The van der Waals surface area contributed by atoms with Gasteiger partial charge in [-0.05, 0) is 35.9 Å². The first-order valence-electron chi connectivity index (χ1n) is 5.39. The third-order valence-corrected chi connectivity index (χ3v) is 3.01. The highest BCUT2D eigenvalue weighted by atomic mass is 35.5. The summed E-state index contributed by atoms with van der Waals surface area (Å²) in [6, 6.07) is 8.59. The van der Waals surface area contributed by atoms with E-state index in [1.165, 1.54) is 43.5 Å². The van der Waals surface area contributed by atoms with Gasteiger partial charge in [-0.1, -0.05) is 17.7 Å². The average Bonchev–Trinajstić information content (AvgIpc) is 2.40. The molecule has 0 aromatic heterocycles. The summed E-state index contributed by atoms with van der Waals surface area (Å²) in [4.78, 5) is 10.9. The summed E-state index contributed by atoms with van der Waals surface area (Å²) in [7, 11) is 1.36. The standard InChI is InChI=1S/C14H10ClFO3/c1-19-13-7-8(3-5-12(13)16)10-6-9(14(17)18)2-4-11(10)15/h2-7H,1H3,(H,17,18). The van der Waals surface area contributed by atoms with Crippen LogP contribution in [-0.2, 0) is 0 Å². The van der Waals surface area contributed by atoms with E-state index in [0.29, 0.717) is 16.1 Å². The van der Waals surface area contributed by atoms with Gasteiger partial charge >= 0.3 is 5.97 Å². The Bertz CT molecular complexity index is 641. The van der Waals surface area contributed by atoms with E-state index >= 15 is 0 Å². The molecule has 0 amide bonds. The van der Waals surface area contributed by atoms with Crippen molar-refractivity contribution < 1.29 is 19.0 Å². The molecule has 0 unspecified atom stereocenters. The van der Waals surface area contributed by atoms with Crippen LogP contribution in [0.15, 0.2) is 36.4 Å². The largest absolute Gasteiger partial charge is 0.494 e. The molecule has 0 spiro atoms. The van der Waals surface area contributed by atoms with Crippen molar-refractivity contribution >= 4 is 17.6 Å². The quantitative estimate of drug-likeness (QED) is 0.929. The molecule has 2 rings (SSSR count). The Morgan fingerprint density at radius 2 is 2.00 bits per heavy atom. The van der Waals surface area contributed by atoms with E-state index in [1.807, 2.05) is 0 Å². The molecule has 5 heteroatoms. The minimum Gasteiger partial charge on any atom is -0.494 e. The number of halogens is 2. The van der Waals surface area contributed by atoms with Gasteiger partial charge in [-0.15, -0.1) is 0 Å². The van der Waals surface area contributed by atoms with Gasteiger partial charge in [0.05, 0.1) is 12.7 Å². The normalized spacial score (nSPS) is 10.3. The molecule has 2 aromatic rings. The highest BCUT2D eigenvalue weighted by Gasteiger charge is 2.11. The molecule has 98 valence electrons. The van der Waals surface area contributed by atoms with Crippen LogP contribution in [-0.4, -0.2) is 18.2 Å². The molecule has 1 N–H and O–H groups in total. The number of methoxy groups -OCH3 is 1. The number of aromatic carboxylic acids is 1. The topological polar surface area (TPSA) is 46.5 Å². The summed E-state index contributed by atoms with van der Waals surface area (Å²) in [6.07, 6.45) is 0. The number of rotatable bonds is 3. The van der Waals surface area contributed by atoms with Crippen LogP contribution in [0.2, 0.25) is 5.02 Å². The molecule has 0 aliphatic rings. The Balaban J connectivity index is 2.57. The van der Waals surface area contributed by atoms with Crippen molar-refractivity contribution in [1.82, 2.24) is 0 Å². The molecule has 0 aliphatic carbocycles. The lowest BCUT2D eigenvalue weighted by Crippen LogP contribution is -1.96. The lowest BCUT2D eigenvalue weighted by Gasteiger charge is -2.08. The van der Waals surface area contributed by atoms with Gasteiger partial charge < -0.3 is 9.84 Å². The van der Waals surface area contributed by atoms with E-state index in [0.717, 1.165) is 0 Å². The maximum atomic E-state index is 13.3. The van der Waals surface area contributed by atoms with Crippen LogP contribution in [0, 0.1) is 5.82 Å². The molecule has 0 saturated carbocycles. The number of hydrogen-bond donors (Lipinski definition) is 1. The van der Waals surface area contributed by atoms with Gasteiger partial charge in [0.2, 0.25) is 0 Å². The van der Waals surface area contributed by atoms with Gasteiger partial charge in [0.15, 0.2) is 11.6 Å². The molecule has 0 heterocycles. The lowest BCUT2D eigenvalue weighted by atomic mass is 10.0. The van der Waals surface area contributed by atoms with E-state index in [2.05, 4.69) is 0 Å². The molecule has 0 aliphatic heterocycles. The zero-order valence-corrected chi connectivity index (χ0v) is 10.7. The number of carboxylic acid groups (broad SMARTS) is 1. The van der Waals surface area contributed by atoms with Crippen LogP contribution >= 0.6 is 11.6 Å². The van der Waals surface area contributed by atoms with Gasteiger partial charge in [0.25, 0.3) is 0 Å². The number of hydrogen-bond acceptors (Lipinski definition) is 2. The number of ether oxygens (including phenoxy) is 1. The minimum atomic E-state index is -1.05. The molecular formula is C14H10ClFO3. The van der Waals surface area contributed by atoms with E-state index in [1.54, 1.807) is 0 Å². The first-order chi connectivity index (χ1) is 9.02. The maximum absolute atomic E-state index is 13.3. The molecular weight excluding hydrogens is 271 g/mol. The predicted octanol–water partition coefficient (Wildman–Crippen LogP) is 3.85. The van der Waals surface area contributed by atoms with Crippen molar-refractivity contribution in [2.24, 2.45) is 0 Å². The number of carboxylic acids is 1. The Kier molecular flexibility index (Phi) is 3.71. The van der Waals surface area contributed by atoms with Crippen LogP contribution in [0.25, 0.3) is 11.1 Å². The molecule has 0 bridgehead atoms. The summed E-state index contributed by atoms with van der Waals surface area (Å²) in [5.41, 5.74) is 1.22. The molecule has 2 aromatic carbocycles. The summed E-state index contributed by atoms with van der Waals surface area (Å²) in [5.74, 6) is -1.46. The SMILES string of the molecule is COc1cc(-c2cc(C(=O)O)ccc2Cl)ccc1F. The zero-order chi connectivity index (χ0) is 14.0. The van der Waals surface area contributed by atoms with Crippen LogP contribution in [0.4, 0.5) is 4.39 Å². The summed E-state index contributed by atoms with van der Waals surface area (Å²) >= 11 is 6.04. The molecule has 0 fully saturated rings.